The van der Waals surface area contributed by atoms with Crippen LogP contribution in [0.2, 0.25) is 0 Å². The van der Waals surface area contributed by atoms with Crippen LogP contribution >= 0.6 is 11.3 Å². The first-order valence-corrected chi connectivity index (χ1v) is 10.8. The van der Waals surface area contributed by atoms with Gasteiger partial charge in [0.05, 0.1) is 10.3 Å². The summed E-state index contributed by atoms with van der Waals surface area (Å²) in [6.45, 7) is 2.61. The normalized spacial score (nSPS) is 12.3. The van der Waals surface area contributed by atoms with Crippen LogP contribution in [0.3, 0.4) is 0 Å². The summed E-state index contributed by atoms with van der Waals surface area (Å²) in [7, 11) is 0. The molecule has 0 saturated heterocycles. The van der Waals surface area contributed by atoms with E-state index in [0.717, 1.165) is 36.1 Å². The minimum absolute atomic E-state index is 0.0723. The van der Waals surface area contributed by atoms with Gasteiger partial charge >= 0.3 is 0 Å². The Morgan fingerprint density at radius 1 is 1.29 bits per heavy atom. The number of aryl methyl sites for hydroxylation is 1. The second-order valence-electron chi connectivity index (χ2n) is 7.24. The van der Waals surface area contributed by atoms with Crippen molar-refractivity contribution in [1.82, 2.24) is 40.9 Å². The van der Waals surface area contributed by atoms with Crippen molar-refractivity contribution < 1.29 is 4.79 Å². The maximum absolute atomic E-state index is 12.5. The Labute approximate surface area is 180 Å². The molecule has 0 bridgehead atoms. The summed E-state index contributed by atoms with van der Waals surface area (Å²) < 4.78 is 0. The van der Waals surface area contributed by atoms with E-state index in [2.05, 4.69) is 40.9 Å². The van der Waals surface area contributed by atoms with E-state index in [1.165, 1.54) is 11.3 Å². The van der Waals surface area contributed by atoms with E-state index in [9.17, 15) is 9.59 Å². The van der Waals surface area contributed by atoms with Crippen LogP contribution in [0.1, 0.15) is 58.0 Å². The van der Waals surface area contributed by atoms with Crippen molar-refractivity contribution in [2.75, 3.05) is 12.3 Å². The number of unbranched alkanes of at least 4 members (excludes halogenated alkanes) is 2. The first-order chi connectivity index (χ1) is 15.0. The van der Waals surface area contributed by atoms with Crippen LogP contribution in [-0.2, 0) is 6.42 Å². The number of carbonyl (C=O) groups is 1. The number of nitrogens with two attached hydrogens (primary N) is 1. The zero-order chi connectivity index (χ0) is 21.8. The Morgan fingerprint density at radius 2 is 2.16 bits per heavy atom. The van der Waals surface area contributed by atoms with E-state index < -0.39 is 0 Å². The maximum atomic E-state index is 12.5. The molecule has 12 heteroatoms. The molecule has 1 amide bonds. The molecule has 4 heterocycles. The zero-order valence-electron chi connectivity index (χ0n) is 16.9. The minimum atomic E-state index is -0.278. The number of rotatable bonds is 9. The number of tetrazole rings is 1. The molecular formula is C19H23N9O2S. The Balaban J connectivity index is 1.32. The Morgan fingerprint density at radius 3 is 2.97 bits per heavy atom. The van der Waals surface area contributed by atoms with Crippen LogP contribution in [0.4, 0.5) is 5.95 Å². The molecule has 31 heavy (non-hydrogen) atoms. The third kappa shape index (κ3) is 4.63. The summed E-state index contributed by atoms with van der Waals surface area (Å²) >= 11 is 1.42. The fourth-order valence-corrected chi connectivity index (χ4v) is 4.44. The monoisotopic (exact) mass is 441 g/mol. The first kappa shape index (κ1) is 20.7. The van der Waals surface area contributed by atoms with Crippen LogP contribution in [-0.4, -0.2) is 48.0 Å². The molecule has 162 valence electrons. The number of hydrogen-bond donors (Lipinski definition) is 5. The smallest absolute Gasteiger partial charge is 0.262 e. The van der Waals surface area contributed by atoms with Gasteiger partial charge in [-0.15, -0.1) is 21.5 Å². The van der Waals surface area contributed by atoms with E-state index >= 15 is 0 Å². The molecule has 4 aromatic rings. The van der Waals surface area contributed by atoms with Gasteiger partial charge in [0.25, 0.3) is 11.5 Å². The van der Waals surface area contributed by atoms with Crippen LogP contribution in [0.25, 0.3) is 11.0 Å². The quantitative estimate of drug-likeness (QED) is 0.246. The first-order valence-electron chi connectivity index (χ1n) is 10.00. The average molecular weight is 442 g/mol. The van der Waals surface area contributed by atoms with Gasteiger partial charge < -0.3 is 16.0 Å². The summed E-state index contributed by atoms with van der Waals surface area (Å²) in [6, 6.07) is 3.74. The molecule has 1 atom stereocenters. The Bertz CT molecular complexity index is 1220. The maximum Gasteiger partial charge on any atom is 0.262 e. The lowest BCUT2D eigenvalue weighted by Crippen LogP contribution is -2.23. The number of hydrogen-bond acceptors (Lipinski definition) is 8. The number of H-pyrrole nitrogens is 3. The summed E-state index contributed by atoms with van der Waals surface area (Å²) in [5.74, 6) is 0.619. The lowest BCUT2D eigenvalue weighted by atomic mass is 10.0. The minimum Gasteiger partial charge on any atom is -0.369 e. The van der Waals surface area contributed by atoms with E-state index in [0.29, 0.717) is 28.3 Å². The number of nitrogens with one attached hydrogen (secondary N) is 4. The molecule has 0 radical (unpaired) electrons. The van der Waals surface area contributed by atoms with Crippen molar-refractivity contribution in [3.05, 3.63) is 49.8 Å². The van der Waals surface area contributed by atoms with Gasteiger partial charge in [0.2, 0.25) is 5.95 Å². The van der Waals surface area contributed by atoms with Gasteiger partial charge in [-0.1, -0.05) is 18.6 Å². The summed E-state index contributed by atoms with van der Waals surface area (Å²) in [5, 5.41) is 17.2. The van der Waals surface area contributed by atoms with Gasteiger partial charge in [0.1, 0.15) is 5.65 Å². The number of fused-ring (bicyclic) bond motifs is 1. The van der Waals surface area contributed by atoms with Gasteiger partial charge in [-0.25, -0.2) is 0 Å². The number of thiophene rings is 1. The number of aromatic nitrogens is 7. The van der Waals surface area contributed by atoms with E-state index in [4.69, 9.17) is 5.73 Å². The number of amides is 1. The average Bonchev–Trinajstić information content (AvgIpc) is 3.50. The highest BCUT2D eigenvalue weighted by molar-refractivity contribution is 7.14. The predicted molar refractivity (Wildman–Crippen MR) is 117 cm³/mol. The molecular weight excluding hydrogens is 418 g/mol. The highest BCUT2D eigenvalue weighted by Crippen LogP contribution is 2.32. The van der Waals surface area contributed by atoms with Crippen molar-refractivity contribution in [3.63, 3.8) is 0 Å². The summed E-state index contributed by atoms with van der Waals surface area (Å²) in [4.78, 5) is 36.1. The number of nitrogens with zero attached hydrogens (tertiary/aromatic N) is 4. The predicted octanol–water partition coefficient (Wildman–Crippen LogP) is 1.70. The van der Waals surface area contributed by atoms with Crippen molar-refractivity contribution >= 4 is 34.2 Å². The van der Waals surface area contributed by atoms with Gasteiger partial charge in [-0.3, -0.25) is 14.6 Å². The molecule has 4 aromatic heterocycles. The highest BCUT2D eigenvalue weighted by atomic mass is 32.1. The van der Waals surface area contributed by atoms with E-state index in [1.807, 2.05) is 19.1 Å². The largest absolute Gasteiger partial charge is 0.369 e. The number of anilines is 1. The van der Waals surface area contributed by atoms with Gasteiger partial charge in [0.15, 0.2) is 5.82 Å². The van der Waals surface area contributed by atoms with E-state index in [1.54, 1.807) is 6.20 Å². The van der Waals surface area contributed by atoms with Gasteiger partial charge in [-0.2, -0.15) is 10.2 Å². The third-order valence-corrected chi connectivity index (χ3v) is 6.35. The molecule has 0 aliphatic rings. The van der Waals surface area contributed by atoms with Crippen molar-refractivity contribution in [3.8, 4) is 0 Å². The molecule has 0 saturated carbocycles. The van der Waals surface area contributed by atoms with Gasteiger partial charge in [-0.05, 0) is 30.5 Å². The van der Waals surface area contributed by atoms with E-state index in [-0.39, 0.29) is 23.3 Å². The van der Waals surface area contributed by atoms with Gasteiger partial charge in [0, 0.05) is 30.0 Å². The molecule has 6 N–H and O–H groups in total. The Kier molecular flexibility index (Phi) is 6.07. The van der Waals surface area contributed by atoms with Crippen molar-refractivity contribution in [2.24, 2.45) is 0 Å². The second kappa shape index (κ2) is 9.08. The third-order valence-electron chi connectivity index (χ3n) is 5.09. The second-order valence-corrected chi connectivity index (χ2v) is 8.35. The molecule has 1 unspecified atom stereocenters. The lowest BCUT2D eigenvalue weighted by Gasteiger charge is -2.08. The van der Waals surface area contributed by atoms with Crippen molar-refractivity contribution in [1.29, 1.82) is 0 Å². The van der Waals surface area contributed by atoms with Crippen molar-refractivity contribution in [2.45, 2.75) is 38.5 Å². The molecule has 0 aliphatic heterocycles. The molecule has 4 rings (SSSR count). The van der Waals surface area contributed by atoms with Crippen LogP contribution in [0.5, 0.6) is 0 Å². The zero-order valence-corrected chi connectivity index (χ0v) is 17.8. The molecule has 0 fully saturated rings. The van der Waals surface area contributed by atoms with Crippen LogP contribution in [0, 0.1) is 0 Å². The molecule has 0 aliphatic carbocycles. The highest BCUT2D eigenvalue weighted by Gasteiger charge is 2.20. The lowest BCUT2D eigenvalue weighted by molar-refractivity contribution is 0.0957. The standard InChI is InChI=1S/C19H23N9O2S/c1-10(11-9-22-16-15(11)18(30)24-19(20)23-16)12-6-7-13(31-12)17(29)21-8-4-2-3-5-14-25-27-28-26-14/h6-7,9-10H,2-5,8H2,1H3,(H,21,29)(H,25,26,27,28)(H4,20,22,23,24,30). The van der Waals surface area contributed by atoms with Crippen LogP contribution < -0.4 is 16.6 Å². The molecule has 11 nitrogen and oxygen atoms in total. The number of nitrogen functional groups attached to an aromatic ring is 1. The number of aromatic amines is 3. The SMILES string of the molecule is CC(c1ccc(C(=O)NCCCCCc2nn[nH]n2)s1)c1c[nH]c2nc(N)[nH]c(=O)c12. The summed E-state index contributed by atoms with van der Waals surface area (Å²) in [6.07, 6.45) is 5.34. The Hall–Kier alpha value is -3.54. The fourth-order valence-electron chi connectivity index (χ4n) is 3.45. The van der Waals surface area contributed by atoms with Crippen LogP contribution in [0.15, 0.2) is 23.1 Å². The fraction of sp³-hybridized carbons (Fsp3) is 0.368. The molecule has 0 spiro atoms. The summed E-state index contributed by atoms with van der Waals surface area (Å²) in [5.41, 5.74) is 6.60. The molecule has 0 aromatic carbocycles. The number of carbonyl (C=O) groups excluding carboxylic acids is 1. The topological polar surface area (TPSA) is 171 Å².